The Bertz CT molecular complexity index is 459. The van der Waals surface area contributed by atoms with Crippen molar-refractivity contribution in [2.24, 2.45) is 0 Å². The van der Waals surface area contributed by atoms with Crippen LogP contribution in [0.2, 0.25) is 0 Å². The lowest BCUT2D eigenvalue weighted by atomic mass is 10.0. The monoisotopic (exact) mass is 299 g/mol. The highest BCUT2D eigenvalue weighted by atomic mass is 32.2. The number of nitrogen functional groups attached to an aromatic ring is 1. The van der Waals surface area contributed by atoms with Crippen LogP contribution in [-0.4, -0.2) is 33.6 Å². The molecule has 0 unspecified atom stereocenters. The summed E-state index contributed by atoms with van der Waals surface area (Å²) in [6.45, 7) is 7.14. The molecule has 0 fully saturated rings. The van der Waals surface area contributed by atoms with Crippen molar-refractivity contribution in [2.45, 2.75) is 51.3 Å². The fourth-order valence-electron chi connectivity index (χ4n) is 2.32. The van der Waals surface area contributed by atoms with Crippen LogP contribution >= 0.6 is 11.8 Å². The van der Waals surface area contributed by atoms with E-state index >= 15 is 0 Å². The molecule has 0 aliphatic rings. The van der Waals surface area contributed by atoms with Crippen LogP contribution in [0.4, 0.5) is 5.82 Å². The maximum Gasteiger partial charge on any atom is 0.360 e. The van der Waals surface area contributed by atoms with Gasteiger partial charge in [0.1, 0.15) is 11.6 Å². The smallest absolute Gasteiger partial charge is 0.360 e. The highest BCUT2D eigenvalue weighted by molar-refractivity contribution is 8.00. The largest absolute Gasteiger partial charge is 0.464 e. The Labute approximate surface area is 125 Å². The van der Waals surface area contributed by atoms with Crippen molar-refractivity contribution in [1.82, 2.24) is 9.55 Å². The maximum absolute atomic E-state index is 11.7. The molecule has 0 saturated carbocycles. The fraction of sp³-hybridized carbons (Fsp3) is 0.714. The molecule has 1 rings (SSSR count). The van der Waals surface area contributed by atoms with Gasteiger partial charge in [-0.25, -0.2) is 9.78 Å². The molecule has 20 heavy (non-hydrogen) atoms. The highest BCUT2D eigenvalue weighted by Gasteiger charge is 2.29. The van der Waals surface area contributed by atoms with Gasteiger partial charge in [0.25, 0.3) is 0 Å². The maximum atomic E-state index is 11.7. The summed E-state index contributed by atoms with van der Waals surface area (Å²) >= 11 is 1.84. The summed E-state index contributed by atoms with van der Waals surface area (Å²) in [5, 5.41) is 0. The van der Waals surface area contributed by atoms with Crippen molar-refractivity contribution in [1.29, 1.82) is 0 Å². The second-order valence-electron chi connectivity index (χ2n) is 4.79. The number of methoxy groups -OCH3 is 1. The number of hydrogen-bond acceptors (Lipinski definition) is 5. The Balaban J connectivity index is 3.23. The van der Waals surface area contributed by atoms with Gasteiger partial charge in [0, 0.05) is 17.7 Å². The van der Waals surface area contributed by atoms with Crippen LogP contribution in [0, 0.1) is 0 Å². The molecule has 6 heteroatoms. The number of nitrogens with two attached hydrogens (primary N) is 1. The normalized spacial score (nSPS) is 11.7. The van der Waals surface area contributed by atoms with E-state index in [1.165, 1.54) is 7.11 Å². The molecule has 0 saturated heterocycles. The molecule has 0 amide bonds. The Morgan fingerprint density at radius 3 is 2.40 bits per heavy atom. The third-order valence-corrected chi connectivity index (χ3v) is 5.52. The van der Waals surface area contributed by atoms with Gasteiger partial charge in [-0.15, -0.1) is 0 Å². The number of nitrogens with zero attached hydrogens (tertiary/aromatic N) is 2. The minimum absolute atomic E-state index is 0.117. The third-order valence-electron chi connectivity index (χ3n) is 3.95. The van der Waals surface area contributed by atoms with Gasteiger partial charge in [0.15, 0.2) is 5.69 Å². The Hall–Kier alpha value is -1.17. The molecule has 0 bridgehead atoms. The van der Waals surface area contributed by atoms with E-state index in [1.807, 2.05) is 23.3 Å². The highest BCUT2D eigenvalue weighted by Crippen LogP contribution is 2.34. The second-order valence-corrected chi connectivity index (χ2v) is 6.06. The lowest BCUT2D eigenvalue weighted by Crippen LogP contribution is -2.30. The topological polar surface area (TPSA) is 70.1 Å². The van der Waals surface area contributed by atoms with Gasteiger partial charge in [0.05, 0.1) is 7.11 Å². The molecule has 114 valence electrons. The Kier molecular flexibility index (Phi) is 5.92. The number of hydrogen-bond donors (Lipinski definition) is 1. The number of esters is 1. The summed E-state index contributed by atoms with van der Waals surface area (Å²) in [5.74, 6) is 0.774. The standard InChI is InChI=1S/C14H25N3O2S/c1-6-10-16-11(13(18)19-4)12(15)17(10)9-14(7-2,8-3)20-5/h6-9,15H2,1-5H3. The van der Waals surface area contributed by atoms with Crippen LogP contribution < -0.4 is 5.73 Å². The van der Waals surface area contributed by atoms with Crippen LogP contribution in [0.25, 0.3) is 0 Å². The quantitative estimate of drug-likeness (QED) is 0.784. The fourth-order valence-corrected chi connectivity index (χ4v) is 3.16. The molecule has 0 atom stereocenters. The Morgan fingerprint density at radius 1 is 1.40 bits per heavy atom. The van der Waals surface area contributed by atoms with Crippen LogP contribution in [0.3, 0.4) is 0 Å². The third kappa shape index (κ3) is 3.11. The molecule has 0 spiro atoms. The minimum Gasteiger partial charge on any atom is -0.464 e. The first-order chi connectivity index (χ1) is 9.48. The molecule has 0 aliphatic heterocycles. The summed E-state index contributed by atoms with van der Waals surface area (Å²) in [4.78, 5) is 16.0. The number of rotatable bonds is 7. The summed E-state index contributed by atoms with van der Waals surface area (Å²) in [6, 6.07) is 0. The van der Waals surface area contributed by atoms with E-state index in [0.29, 0.717) is 5.82 Å². The van der Waals surface area contributed by atoms with Crippen molar-refractivity contribution in [2.75, 3.05) is 19.1 Å². The zero-order valence-electron chi connectivity index (χ0n) is 13.0. The SMILES string of the molecule is CCc1nc(C(=O)OC)c(N)n1CC(CC)(CC)SC. The number of ether oxygens (including phenoxy) is 1. The number of thioether (sulfide) groups is 1. The van der Waals surface area contributed by atoms with Gasteiger partial charge in [-0.2, -0.15) is 11.8 Å². The van der Waals surface area contributed by atoms with E-state index in [9.17, 15) is 4.79 Å². The number of anilines is 1. The lowest BCUT2D eigenvalue weighted by molar-refractivity contribution is 0.0595. The predicted octanol–water partition coefficient (Wildman–Crippen LogP) is 2.74. The molecule has 0 radical (unpaired) electrons. The number of carbonyl (C=O) groups is 1. The summed E-state index contributed by atoms with van der Waals surface area (Å²) in [7, 11) is 1.34. The zero-order chi connectivity index (χ0) is 15.3. The average molecular weight is 299 g/mol. The first-order valence-electron chi connectivity index (χ1n) is 6.96. The van der Waals surface area contributed by atoms with Gasteiger partial charge in [0.2, 0.25) is 0 Å². The lowest BCUT2D eigenvalue weighted by Gasteiger charge is -2.31. The molecule has 1 aromatic rings. The van der Waals surface area contributed by atoms with Gasteiger partial charge >= 0.3 is 5.97 Å². The molecule has 1 heterocycles. The molecular formula is C14H25N3O2S. The summed E-state index contributed by atoms with van der Waals surface area (Å²) in [5.41, 5.74) is 6.35. The van der Waals surface area contributed by atoms with Crippen molar-refractivity contribution >= 4 is 23.5 Å². The number of aromatic nitrogens is 2. The second kappa shape index (κ2) is 7.02. The molecule has 0 aromatic carbocycles. The van der Waals surface area contributed by atoms with Crippen molar-refractivity contribution in [3.63, 3.8) is 0 Å². The summed E-state index contributed by atoms with van der Waals surface area (Å²) in [6.07, 6.45) is 4.93. The van der Waals surface area contributed by atoms with E-state index in [1.54, 1.807) is 0 Å². The first-order valence-corrected chi connectivity index (χ1v) is 8.19. The minimum atomic E-state index is -0.473. The number of carbonyl (C=O) groups excluding carboxylic acids is 1. The van der Waals surface area contributed by atoms with E-state index in [4.69, 9.17) is 10.5 Å². The van der Waals surface area contributed by atoms with Gasteiger partial charge < -0.3 is 15.0 Å². The van der Waals surface area contributed by atoms with Crippen molar-refractivity contribution in [3.05, 3.63) is 11.5 Å². The molecular weight excluding hydrogens is 274 g/mol. The van der Waals surface area contributed by atoms with Crippen LogP contribution in [0.5, 0.6) is 0 Å². The molecule has 0 aliphatic carbocycles. The molecule has 5 nitrogen and oxygen atoms in total. The summed E-state index contributed by atoms with van der Waals surface area (Å²) < 4.78 is 6.82. The first kappa shape index (κ1) is 16.9. The van der Waals surface area contributed by atoms with Crippen LogP contribution in [0.15, 0.2) is 0 Å². The zero-order valence-corrected chi connectivity index (χ0v) is 13.8. The number of aryl methyl sites for hydroxylation is 1. The predicted molar refractivity (Wildman–Crippen MR) is 84.2 cm³/mol. The van der Waals surface area contributed by atoms with Crippen molar-refractivity contribution < 1.29 is 9.53 Å². The average Bonchev–Trinajstić information content (AvgIpc) is 2.80. The van der Waals surface area contributed by atoms with E-state index < -0.39 is 5.97 Å². The van der Waals surface area contributed by atoms with Crippen LogP contribution in [-0.2, 0) is 17.7 Å². The molecule has 1 aromatic heterocycles. The van der Waals surface area contributed by atoms with Crippen LogP contribution in [0.1, 0.15) is 49.9 Å². The van der Waals surface area contributed by atoms with Gasteiger partial charge in [-0.1, -0.05) is 20.8 Å². The van der Waals surface area contributed by atoms with Crippen molar-refractivity contribution in [3.8, 4) is 0 Å². The van der Waals surface area contributed by atoms with E-state index in [-0.39, 0.29) is 10.4 Å². The Morgan fingerprint density at radius 2 is 2.00 bits per heavy atom. The van der Waals surface area contributed by atoms with Gasteiger partial charge in [-0.3, -0.25) is 0 Å². The number of imidazole rings is 1. The van der Waals surface area contributed by atoms with Gasteiger partial charge in [-0.05, 0) is 19.1 Å². The van der Waals surface area contributed by atoms with E-state index in [2.05, 4.69) is 25.1 Å². The molecule has 2 N–H and O–H groups in total. The van der Waals surface area contributed by atoms with E-state index in [0.717, 1.165) is 31.6 Å².